The Labute approximate surface area is 71.8 Å². The van der Waals surface area contributed by atoms with Crippen LogP contribution in [-0.2, 0) is 6.54 Å². The Hall–Kier alpha value is -0.900. The van der Waals surface area contributed by atoms with Gasteiger partial charge in [0.15, 0.2) is 0 Å². The molecule has 66 valence electrons. The van der Waals surface area contributed by atoms with Gasteiger partial charge in [-0.05, 0) is 19.8 Å². The van der Waals surface area contributed by atoms with Gasteiger partial charge in [-0.1, -0.05) is 0 Å². The van der Waals surface area contributed by atoms with Crippen molar-refractivity contribution in [1.29, 1.82) is 0 Å². The van der Waals surface area contributed by atoms with Crippen molar-refractivity contribution in [2.75, 3.05) is 0 Å². The van der Waals surface area contributed by atoms with Gasteiger partial charge in [0.1, 0.15) is 12.2 Å². The van der Waals surface area contributed by atoms with E-state index in [9.17, 15) is 0 Å². The molecule has 0 amide bonds. The quantitative estimate of drug-likeness (QED) is 0.661. The molecular formula is C8H14N4. The molecule has 2 N–H and O–H groups in total. The zero-order chi connectivity index (χ0) is 8.55. The van der Waals surface area contributed by atoms with E-state index in [-0.39, 0.29) is 6.04 Å². The number of aryl methyl sites for hydroxylation is 1. The summed E-state index contributed by atoms with van der Waals surface area (Å²) in [6.45, 7) is 3.04. The maximum atomic E-state index is 5.86. The van der Waals surface area contributed by atoms with Crippen LogP contribution in [0.15, 0.2) is 6.33 Å². The van der Waals surface area contributed by atoms with Crippen LogP contribution in [0.25, 0.3) is 0 Å². The molecule has 2 atom stereocenters. The Balaban J connectivity index is 2.31. The van der Waals surface area contributed by atoms with Crippen LogP contribution in [-0.4, -0.2) is 20.8 Å². The van der Waals surface area contributed by atoms with Gasteiger partial charge in [0.25, 0.3) is 0 Å². The van der Waals surface area contributed by atoms with Crippen LogP contribution in [0, 0.1) is 0 Å². The normalized spacial score (nSPS) is 25.0. The van der Waals surface area contributed by atoms with E-state index in [0.717, 1.165) is 18.8 Å². The van der Waals surface area contributed by atoms with Gasteiger partial charge in [-0.2, -0.15) is 5.10 Å². The first kappa shape index (κ1) is 7.73. The maximum Gasteiger partial charge on any atom is 0.138 e. The van der Waals surface area contributed by atoms with Gasteiger partial charge < -0.3 is 5.73 Å². The Morgan fingerprint density at radius 3 is 3.33 bits per heavy atom. The molecule has 0 spiro atoms. The Kier molecular flexibility index (Phi) is 1.84. The van der Waals surface area contributed by atoms with E-state index in [0.29, 0.717) is 5.92 Å². The first-order chi connectivity index (χ1) is 5.79. The summed E-state index contributed by atoms with van der Waals surface area (Å²) < 4.78 is 1.97. The molecule has 2 heterocycles. The van der Waals surface area contributed by atoms with E-state index in [2.05, 4.69) is 10.1 Å². The lowest BCUT2D eigenvalue weighted by Crippen LogP contribution is -2.30. The lowest BCUT2D eigenvalue weighted by molar-refractivity contribution is 0.382. The van der Waals surface area contributed by atoms with E-state index >= 15 is 0 Å². The minimum Gasteiger partial charge on any atom is -0.327 e. The molecule has 2 rings (SSSR count). The Bertz CT molecular complexity index is 266. The molecule has 0 aromatic carbocycles. The summed E-state index contributed by atoms with van der Waals surface area (Å²) in [5, 5.41) is 4.14. The fraction of sp³-hybridized carbons (Fsp3) is 0.750. The van der Waals surface area contributed by atoms with Crippen LogP contribution in [0.3, 0.4) is 0 Å². The minimum atomic E-state index is 0.188. The zero-order valence-corrected chi connectivity index (χ0v) is 7.27. The standard InChI is InChI=1S/C8H14N4/c1-6(9)7-3-2-4-12-8(7)10-5-11-12/h5-7H,2-4,9H2,1H3. The van der Waals surface area contributed by atoms with Gasteiger partial charge >= 0.3 is 0 Å². The van der Waals surface area contributed by atoms with Crippen molar-refractivity contribution >= 4 is 0 Å². The zero-order valence-electron chi connectivity index (χ0n) is 7.27. The highest BCUT2D eigenvalue weighted by atomic mass is 15.3. The molecule has 0 saturated heterocycles. The highest BCUT2D eigenvalue weighted by Crippen LogP contribution is 2.26. The van der Waals surface area contributed by atoms with Crippen LogP contribution < -0.4 is 5.73 Å². The second-order valence-electron chi connectivity index (χ2n) is 3.45. The summed E-state index contributed by atoms with van der Waals surface area (Å²) in [6, 6.07) is 0.188. The molecule has 0 saturated carbocycles. The average Bonchev–Trinajstić information content (AvgIpc) is 2.49. The summed E-state index contributed by atoms with van der Waals surface area (Å²) in [6.07, 6.45) is 3.94. The Morgan fingerprint density at radius 2 is 2.58 bits per heavy atom. The number of hydrogen-bond donors (Lipinski definition) is 1. The molecule has 4 nitrogen and oxygen atoms in total. The summed E-state index contributed by atoms with van der Waals surface area (Å²) in [5.41, 5.74) is 5.86. The van der Waals surface area contributed by atoms with Gasteiger partial charge in [-0.25, -0.2) is 9.67 Å². The molecule has 1 aliphatic rings. The van der Waals surface area contributed by atoms with Crippen molar-refractivity contribution < 1.29 is 0 Å². The van der Waals surface area contributed by atoms with Gasteiger partial charge in [0, 0.05) is 18.5 Å². The molecule has 1 aliphatic heterocycles. The molecule has 1 aromatic heterocycles. The van der Waals surface area contributed by atoms with Crippen LogP contribution in [0.5, 0.6) is 0 Å². The van der Waals surface area contributed by atoms with Crippen molar-refractivity contribution in [3.63, 3.8) is 0 Å². The summed E-state index contributed by atoms with van der Waals surface area (Å²) in [7, 11) is 0. The minimum absolute atomic E-state index is 0.188. The molecule has 12 heavy (non-hydrogen) atoms. The lowest BCUT2D eigenvalue weighted by atomic mass is 9.93. The molecule has 0 aliphatic carbocycles. The number of hydrogen-bond acceptors (Lipinski definition) is 3. The van der Waals surface area contributed by atoms with Crippen LogP contribution in [0.1, 0.15) is 31.5 Å². The predicted molar refractivity (Wildman–Crippen MR) is 45.6 cm³/mol. The largest absolute Gasteiger partial charge is 0.327 e. The second-order valence-corrected chi connectivity index (χ2v) is 3.45. The predicted octanol–water partition coefficient (Wildman–Crippen LogP) is 0.503. The topological polar surface area (TPSA) is 56.7 Å². The van der Waals surface area contributed by atoms with Gasteiger partial charge in [-0.3, -0.25) is 0 Å². The smallest absolute Gasteiger partial charge is 0.138 e. The highest BCUT2D eigenvalue weighted by Gasteiger charge is 2.24. The Morgan fingerprint density at radius 1 is 1.75 bits per heavy atom. The third-order valence-electron chi connectivity index (χ3n) is 2.50. The average molecular weight is 166 g/mol. The van der Waals surface area contributed by atoms with Gasteiger partial charge in [0.2, 0.25) is 0 Å². The van der Waals surface area contributed by atoms with Gasteiger partial charge in [-0.15, -0.1) is 0 Å². The van der Waals surface area contributed by atoms with Gasteiger partial charge in [0.05, 0.1) is 0 Å². The molecule has 0 bridgehead atoms. The van der Waals surface area contributed by atoms with Crippen molar-refractivity contribution in [2.24, 2.45) is 5.73 Å². The van der Waals surface area contributed by atoms with E-state index < -0.39 is 0 Å². The second kappa shape index (κ2) is 2.86. The molecule has 0 radical (unpaired) electrons. The molecule has 2 unspecified atom stereocenters. The fourth-order valence-electron chi connectivity index (χ4n) is 1.82. The third kappa shape index (κ3) is 1.12. The molecule has 0 fully saturated rings. The molecular weight excluding hydrogens is 152 g/mol. The van der Waals surface area contributed by atoms with Crippen molar-refractivity contribution in [1.82, 2.24) is 14.8 Å². The molecule has 1 aromatic rings. The van der Waals surface area contributed by atoms with E-state index in [1.807, 2.05) is 11.6 Å². The number of aromatic nitrogens is 3. The molecule has 4 heteroatoms. The van der Waals surface area contributed by atoms with Crippen LogP contribution >= 0.6 is 0 Å². The maximum absolute atomic E-state index is 5.86. The third-order valence-corrected chi connectivity index (χ3v) is 2.50. The summed E-state index contributed by atoms with van der Waals surface area (Å²) in [5.74, 6) is 1.47. The lowest BCUT2D eigenvalue weighted by Gasteiger charge is -2.24. The number of fused-ring (bicyclic) bond motifs is 1. The van der Waals surface area contributed by atoms with Crippen molar-refractivity contribution in [3.05, 3.63) is 12.2 Å². The van der Waals surface area contributed by atoms with E-state index in [4.69, 9.17) is 5.73 Å². The van der Waals surface area contributed by atoms with E-state index in [1.165, 1.54) is 6.42 Å². The van der Waals surface area contributed by atoms with Crippen molar-refractivity contribution in [3.8, 4) is 0 Å². The number of nitrogens with two attached hydrogens (primary N) is 1. The summed E-state index contributed by atoms with van der Waals surface area (Å²) >= 11 is 0. The highest BCUT2D eigenvalue weighted by molar-refractivity contribution is 5.02. The SMILES string of the molecule is CC(N)C1CCCn2ncnc21. The van der Waals surface area contributed by atoms with Crippen LogP contribution in [0.4, 0.5) is 0 Å². The first-order valence-electron chi connectivity index (χ1n) is 4.42. The van der Waals surface area contributed by atoms with Crippen LogP contribution in [0.2, 0.25) is 0 Å². The summed E-state index contributed by atoms with van der Waals surface area (Å²) in [4.78, 5) is 4.23. The fourth-order valence-corrected chi connectivity index (χ4v) is 1.82. The number of nitrogens with zero attached hydrogens (tertiary/aromatic N) is 3. The first-order valence-corrected chi connectivity index (χ1v) is 4.42. The monoisotopic (exact) mass is 166 g/mol. The van der Waals surface area contributed by atoms with E-state index in [1.54, 1.807) is 6.33 Å². The number of rotatable bonds is 1. The van der Waals surface area contributed by atoms with Crippen molar-refractivity contribution in [2.45, 2.75) is 38.3 Å².